The lowest BCUT2D eigenvalue weighted by Gasteiger charge is -2.34. The molecule has 60 heavy (non-hydrogen) atoms. The highest BCUT2D eigenvalue weighted by molar-refractivity contribution is 5.88. The van der Waals surface area contributed by atoms with Crippen LogP contribution in [0.5, 0.6) is 0 Å². The molecule has 15 nitrogen and oxygen atoms in total. The Morgan fingerprint density at radius 3 is 2.10 bits per heavy atom. The summed E-state index contributed by atoms with van der Waals surface area (Å²) in [5, 5.41) is 5.43. The number of rotatable bonds is 9. The number of H-pyrrole nitrogens is 2. The van der Waals surface area contributed by atoms with Crippen molar-refractivity contribution < 1.29 is 33.4 Å². The molecule has 2 aromatic heterocycles. The number of carbonyl (C=O) groups is 4. The topological polar surface area (TPSA) is 184 Å². The molecule has 3 aliphatic heterocycles. The summed E-state index contributed by atoms with van der Waals surface area (Å²) in [6.07, 6.45) is 3.47. The van der Waals surface area contributed by atoms with Gasteiger partial charge in [-0.15, -0.1) is 0 Å². The Hall–Kier alpha value is -6.14. The van der Waals surface area contributed by atoms with Gasteiger partial charge in [-0.2, -0.15) is 0 Å². The summed E-state index contributed by atoms with van der Waals surface area (Å²) in [7, 11) is 2.57. The van der Waals surface area contributed by atoms with Gasteiger partial charge >= 0.3 is 12.2 Å². The molecule has 4 amide bonds. The van der Waals surface area contributed by atoms with E-state index in [9.17, 15) is 19.2 Å². The van der Waals surface area contributed by atoms with Crippen LogP contribution in [0.4, 0.5) is 9.59 Å². The first-order chi connectivity index (χ1) is 28.8. The minimum atomic E-state index is -0.750. The Balaban J connectivity index is 1.06. The Kier molecular flexibility index (Phi) is 12.3. The molecule has 0 radical (unpaired) electrons. The molecule has 2 aromatic carbocycles. The number of ether oxygens (including phenoxy) is 3. The molecule has 0 aliphatic carbocycles. The van der Waals surface area contributed by atoms with E-state index in [0.29, 0.717) is 44.4 Å². The van der Waals surface area contributed by atoms with Crippen LogP contribution in [-0.4, -0.2) is 106 Å². The molecule has 0 saturated carbocycles. The van der Waals surface area contributed by atoms with Crippen LogP contribution in [0.1, 0.15) is 88.2 Å². The maximum atomic E-state index is 14.1. The fourth-order valence-corrected chi connectivity index (χ4v) is 8.53. The zero-order valence-electron chi connectivity index (χ0n) is 35.1. The molecule has 7 rings (SSSR count). The molecular weight excluding hydrogens is 765 g/mol. The smallest absolute Gasteiger partial charge is 0.407 e. The number of imidazole rings is 2. The number of hydrogen-bond donors (Lipinski definition) is 4. The summed E-state index contributed by atoms with van der Waals surface area (Å²) >= 11 is 0. The van der Waals surface area contributed by atoms with Crippen molar-refractivity contribution >= 4 is 35.0 Å². The first-order valence-electron chi connectivity index (χ1n) is 20.5. The first-order valence-corrected chi connectivity index (χ1v) is 20.5. The number of benzene rings is 2. The molecule has 0 bridgehead atoms. The lowest BCUT2D eigenvalue weighted by molar-refractivity contribution is -0.136. The Bertz CT molecular complexity index is 2310. The lowest BCUT2D eigenvalue weighted by atomic mass is 9.78. The van der Waals surface area contributed by atoms with Crippen LogP contribution in [-0.2, 0) is 23.8 Å². The molecule has 4 aromatic rings. The number of nitrogens with one attached hydrogen (secondary N) is 4. The maximum Gasteiger partial charge on any atom is 0.407 e. The average Bonchev–Trinajstić information content (AvgIpc) is 4.06. The number of hydrogen-bond acceptors (Lipinski definition) is 9. The summed E-state index contributed by atoms with van der Waals surface area (Å²) < 4.78 is 15.3. The molecule has 1 spiro atoms. The van der Waals surface area contributed by atoms with Crippen molar-refractivity contribution in [2.45, 2.75) is 77.5 Å². The summed E-state index contributed by atoms with van der Waals surface area (Å²) in [5.74, 6) is 7.23. The van der Waals surface area contributed by atoms with Gasteiger partial charge in [0.1, 0.15) is 23.7 Å². The van der Waals surface area contributed by atoms with Gasteiger partial charge in [-0.25, -0.2) is 19.6 Å². The number of alkyl carbamates (subject to hydrolysis) is 2. The van der Waals surface area contributed by atoms with Crippen LogP contribution >= 0.6 is 0 Å². The SMILES string of the molecule is C=C1C[C@@H](c2ncc(-c3ccc(C#Cc4ccc5nc([C@@H]6CC7(CCOCC7)CN6C(=O)[C@@H](NC(=O)OC)C(C)C)[nH]c5c4)cc3)[nH]2)N(C(=O)[C@@H](NC(=O)OC)C(C)C)C1. The molecule has 15 heteroatoms. The minimum Gasteiger partial charge on any atom is -0.453 e. The lowest BCUT2D eigenvalue weighted by Crippen LogP contribution is -2.51. The highest BCUT2D eigenvalue weighted by Crippen LogP contribution is 2.49. The predicted octanol–water partition coefficient (Wildman–Crippen LogP) is 6.01. The van der Waals surface area contributed by atoms with Crippen molar-refractivity contribution in [2.24, 2.45) is 17.3 Å². The fraction of sp³-hybridized carbons (Fsp3) is 0.467. The molecule has 4 atom stereocenters. The monoisotopic (exact) mass is 818 g/mol. The minimum absolute atomic E-state index is 0.0909. The average molecular weight is 819 g/mol. The van der Waals surface area contributed by atoms with Crippen LogP contribution in [0.15, 0.2) is 60.8 Å². The van der Waals surface area contributed by atoms with Crippen molar-refractivity contribution in [2.75, 3.05) is 40.5 Å². The van der Waals surface area contributed by atoms with Gasteiger partial charge in [0.25, 0.3) is 0 Å². The van der Waals surface area contributed by atoms with Crippen molar-refractivity contribution in [1.29, 1.82) is 0 Å². The van der Waals surface area contributed by atoms with Crippen molar-refractivity contribution in [3.05, 3.63) is 83.6 Å². The predicted molar refractivity (Wildman–Crippen MR) is 224 cm³/mol. The number of fused-ring (bicyclic) bond motifs is 1. The maximum absolute atomic E-state index is 14.1. The van der Waals surface area contributed by atoms with Gasteiger partial charge in [0, 0.05) is 37.4 Å². The normalized spacial score (nSPS) is 19.6. The zero-order valence-corrected chi connectivity index (χ0v) is 35.1. The van der Waals surface area contributed by atoms with E-state index < -0.39 is 24.3 Å². The van der Waals surface area contributed by atoms with Crippen molar-refractivity contribution in [1.82, 2.24) is 40.4 Å². The van der Waals surface area contributed by atoms with E-state index >= 15 is 0 Å². The summed E-state index contributed by atoms with van der Waals surface area (Å²) in [4.78, 5) is 72.1. The number of likely N-dealkylation sites (tertiary alicyclic amines) is 2. The summed E-state index contributed by atoms with van der Waals surface area (Å²) in [6, 6.07) is 11.6. The Morgan fingerprint density at radius 2 is 1.47 bits per heavy atom. The van der Waals surface area contributed by atoms with Crippen molar-refractivity contribution in [3.63, 3.8) is 0 Å². The second-order valence-corrected chi connectivity index (χ2v) is 16.8. The van der Waals surface area contributed by atoms with E-state index in [4.69, 9.17) is 19.2 Å². The molecule has 4 N–H and O–H groups in total. The highest BCUT2D eigenvalue weighted by atomic mass is 16.5. The number of aromatic amines is 2. The van der Waals surface area contributed by atoms with Crippen LogP contribution in [0.3, 0.4) is 0 Å². The highest BCUT2D eigenvalue weighted by Gasteiger charge is 2.49. The van der Waals surface area contributed by atoms with E-state index in [1.807, 2.05) is 75.1 Å². The Labute approximate surface area is 350 Å². The fourth-order valence-electron chi connectivity index (χ4n) is 8.53. The molecule has 316 valence electrons. The molecule has 0 unspecified atom stereocenters. The van der Waals surface area contributed by atoms with E-state index in [1.54, 1.807) is 11.1 Å². The standard InChI is InChI=1S/C45H54N8O7/c1-26(2)37(50-43(56)58-6)41(54)52-24-28(5)20-35(52)39-46-23-34(49-39)31-13-10-29(11-14-31)8-9-30-12-15-32-33(21-30)48-40(47-32)36-22-45(16-18-60-19-17-45)25-53(36)42(55)38(27(3)4)51-44(57)59-7/h10-15,21,23,26-27,35-38H,5,16-20,22,24-25H2,1-4,6-7H3,(H,46,49)(H,47,48)(H,50,56)(H,51,57)/t35-,36-,37-,38-/m0/s1. The van der Waals surface area contributed by atoms with Gasteiger partial charge in [0.15, 0.2) is 0 Å². The van der Waals surface area contributed by atoms with Gasteiger partial charge in [0.05, 0.1) is 49.2 Å². The van der Waals surface area contributed by atoms with Gasteiger partial charge in [-0.3, -0.25) is 9.59 Å². The van der Waals surface area contributed by atoms with E-state index in [2.05, 4.69) is 44.0 Å². The number of amides is 4. The molecule has 3 saturated heterocycles. The molecular formula is C45H54N8O7. The first kappa shape index (κ1) is 42.0. The zero-order chi connectivity index (χ0) is 42.7. The second kappa shape index (κ2) is 17.6. The van der Waals surface area contributed by atoms with Crippen LogP contribution in [0.25, 0.3) is 22.3 Å². The number of carbonyl (C=O) groups excluding carboxylic acids is 4. The second-order valence-electron chi connectivity index (χ2n) is 16.8. The van der Waals surface area contributed by atoms with E-state index in [0.717, 1.165) is 58.3 Å². The number of aromatic nitrogens is 4. The van der Waals surface area contributed by atoms with E-state index in [1.165, 1.54) is 14.2 Å². The Morgan fingerprint density at radius 1 is 0.850 bits per heavy atom. The van der Waals surface area contributed by atoms with Gasteiger partial charge in [-0.1, -0.05) is 63.8 Å². The third-order valence-electron chi connectivity index (χ3n) is 11.9. The van der Waals surface area contributed by atoms with E-state index in [-0.39, 0.29) is 41.1 Å². The number of nitrogens with zero attached hydrogens (tertiary/aromatic N) is 4. The third kappa shape index (κ3) is 8.89. The van der Waals surface area contributed by atoms with Crippen molar-refractivity contribution in [3.8, 4) is 23.1 Å². The van der Waals surface area contributed by atoms with Gasteiger partial charge < -0.3 is 44.6 Å². The number of methoxy groups -OCH3 is 2. The quantitative estimate of drug-likeness (QED) is 0.116. The van der Waals surface area contributed by atoms with Crippen LogP contribution < -0.4 is 10.6 Å². The van der Waals surface area contributed by atoms with Crippen LogP contribution in [0.2, 0.25) is 0 Å². The largest absolute Gasteiger partial charge is 0.453 e. The summed E-state index contributed by atoms with van der Waals surface area (Å²) in [5.41, 5.74) is 5.76. The van der Waals surface area contributed by atoms with Gasteiger partial charge in [0.2, 0.25) is 11.8 Å². The van der Waals surface area contributed by atoms with Crippen LogP contribution in [0, 0.1) is 29.1 Å². The molecule has 3 fully saturated rings. The van der Waals surface area contributed by atoms with Gasteiger partial charge in [-0.05, 0) is 78.8 Å². The molecule has 3 aliphatic rings. The summed E-state index contributed by atoms with van der Waals surface area (Å²) in [6.45, 7) is 13.9. The molecule has 5 heterocycles. The third-order valence-corrected chi connectivity index (χ3v) is 11.9.